The van der Waals surface area contributed by atoms with Crippen LogP contribution in [0.4, 0.5) is 5.13 Å². The molecule has 1 aliphatic heterocycles. The van der Waals surface area contributed by atoms with E-state index in [-0.39, 0.29) is 0 Å². The van der Waals surface area contributed by atoms with Crippen LogP contribution in [-0.4, -0.2) is 60.3 Å². The van der Waals surface area contributed by atoms with E-state index in [2.05, 4.69) is 15.1 Å². The maximum atomic E-state index is 11.3. The second kappa shape index (κ2) is 4.84. The molecule has 0 unspecified atom stereocenters. The van der Waals surface area contributed by atoms with Gasteiger partial charge < -0.3 is 5.73 Å². The number of hydrogen-bond donors (Lipinski definition) is 1. The van der Waals surface area contributed by atoms with E-state index < -0.39 is 10.0 Å². The van der Waals surface area contributed by atoms with Crippen LogP contribution in [0.25, 0.3) is 0 Å². The van der Waals surface area contributed by atoms with Gasteiger partial charge in [0.25, 0.3) is 0 Å². The van der Waals surface area contributed by atoms with Crippen molar-refractivity contribution in [3.05, 3.63) is 5.01 Å². The van der Waals surface area contributed by atoms with Gasteiger partial charge in [0.2, 0.25) is 15.2 Å². The van der Waals surface area contributed by atoms with Gasteiger partial charge in [0.15, 0.2) is 0 Å². The second-order valence-corrected chi connectivity index (χ2v) is 7.05. The Balaban J connectivity index is 1.87. The molecule has 96 valence electrons. The SMILES string of the molecule is CS(=O)(=O)N1CCN(Cc2nnc(N)s2)CC1. The van der Waals surface area contributed by atoms with Crippen LogP contribution >= 0.6 is 11.3 Å². The Labute approximate surface area is 104 Å². The van der Waals surface area contributed by atoms with E-state index in [1.165, 1.54) is 21.9 Å². The molecule has 2 rings (SSSR count). The first kappa shape index (κ1) is 12.7. The van der Waals surface area contributed by atoms with Crippen LogP contribution in [0.3, 0.4) is 0 Å². The van der Waals surface area contributed by atoms with Gasteiger partial charge in [-0.1, -0.05) is 11.3 Å². The smallest absolute Gasteiger partial charge is 0.211 e. The maximum absolute atomic E-state index is 11.3. The molecule has 17 heavy (non-hydrogen) atoms. The predicted molar refractivity (Wildman–Crippen MR) is 66.0 cm³/mol. The summed E-state index contributed by atoms with van der Waals surface area (Å²) in [5.74, 6) is 0. The lowest BCUT2D eigenvalue weighted by atomic mass is 10.3. The zero-order valence-electron chi connectivity index (χ0n) is 9.53. The molecule has 2 N–H and O–H groups in total. The average molecular weight is 277 g/mol. The zero-order valence-corrected chi connectivity index (χ0v) is 11.2. The number of piperazine rings is 1. The molecule has 1 aliphatic rings. The van der Waals surface area contributed by atoms with Crippen LogP contribution in [0.2, 0.25) is 0 Å². The third-order valence-corrected chi connectivity index (χ3v) is 4.68. The van der Waals surface area contributed by atoms with Gasteiger partial charge in [-0.2, -0.15) is 4.31 Å². The van der Waals surface area contributed by atoms with Gasteiger partial charge in [-0.25, -0.2) is 8.42 Å². The van der Waals surface area contributed by atoms with Crippen LogP contribution in [0, 0.1) is 0 Å². The second-order valence-electron chi connectivity index (χ2n) is 3.97. The molecule has 0 aliphatic carbocycles. The van der Waals surface area contributed by atoms with Gasteiger partial charge in [0, 0.05) is 26.2 Å². The standard InChI is InChI=1S/C8H15N5O2S2/c1-17(14,15)13-4-2-12(3-5-13)6-7-10-11-8(9)16-7/h2-6H2,1H3,(H2,9,11). The van der Waals surface area contributed by atoms with Gasteiger partial charge in [-0.15, -0.1) is 10.2 Å². The van der Waals surface area contributed by atoms with Gasteiger partial charge >= 0.3 is 0 Å². The fourth-order valence-corrected chi connectivity index (χ4v) is 3.22. The lowest BCUT2D eigenvalue weighted by Crippen LogP contribution is -2.47. The Bertz CT molecular complexity index is 478. The molecule has 0 radical (unpaired) electrons. The number of anilines is 1. The highest BCUT2D eigenvalue weighted by molar-refractivity contribution is 7.88. The molecule has 0 bridgehead atoms. The number of sulfonamides is 1. The summed E-state index contributed by atoms with van der Waals surface area (Å²) in [5, 5.41) is 9.04. The summed E-state index contributed by atoms with van der Waals surface area (Å²) >= 11 is 1.37. The summed E-state index contributed by atoms with van der Waals surface area (Å²) in [6.07, 6.45) is 1.24. The summed E-state index contributed by atoms with van der Waals surface area (Å²) in [4.78, 5) is 2.15. The third kappa shape index (κ3) is 3.35. The first-order valence-corrected chi connectivity index (χ1v) is 7.87. The Morgan fingerprint density at radius 2 is 1.94 bits per heavy atom. The van der Waals surface area contributed by atoms with Crippen LogP contribution in [0.1, 0.15) is 5.01 Å². The van der Waals surface area contributed by atoms with E-state index in [1.807, 2.05) is 0 Å². The van der Waals surface area contributed by atoms with Crippen molar-refractivity contribution in [3.63, 3.8) is 0 Å². The number of rotatable bonds is 3. The first-order valence-electron chi connectivity index (χ1n) is 5.20. The van der Waals surface area contributed by atoms with E-state index in [0.717, 1.165) is 5.01 Å². The molecule has 2 heterocycles. The topological polar surface area (TPSA) is 92.4 Å². The Morgan fingerprint density at radius 1 is 1.29 bits per heavy atom. The molecule has 1 fully saturated rings. The van der Waals surface area contributed by atoms with Crippen LogP contribution in [0.15, 0.2) is 0 Å². The van der Waals surface area contributed by atoms with Gasteiger partial charge in [0.05, 0.1) is 12.8 Å². The minimum absolute atomic E-state index is 0.467. The van der Waals surface area contributed by atoms with Gasteiger partial charge in [-0.05, 0) is 0 Å². The van der Waals surface area contributed by atoms with Crippen molar-refractivity contribution in [2.75, 3.05) is 38.2 Å². The van der Waals surface area contributed by atoms with Crippen LogP contribution in [0.5, 0.6) is 0 Å². The zero-order chi connectivity index (χ0) is 12.5. The molecule has 0 aromatic carbocycles. The van der Waals surface area contributed by atoms with Crippen molar-refractivity contribution in [1.29, 1.82) is 0 Å². The number of aromatic nitrogens is 2. The molecule has 1 saturated heterocycles. The van der Waals surface area contributed by atoms with Crippen LogP contribution in [-0.2, 0) is 16.6 Å². The van der Waals surface area contributed by atoms with Crippen LogP contribution < -0.4 is 5.73 Å². The summed E-state index contributed by atoms with van der Waals surface area (Å²) in [6.45, 7) is 3.19. The average Bonchev–Trinajstić information content (AvgIpc) is 2.63. The number of nitrogens with zero attached hydrogens (tertiary/aromatic N) is 4. The monoisotopic (exact) mass is 277 g/mol. The molecular formula is C8H15N5O2S2. The lowest BCUT2D eigenvalue weighted by molar-refractivity contribution is 0.181. The fraction of sp³-hybridized carbons (Fsp3) is 0.750. The summed E-state index contributed by atoms with van der Waals surface area (Å²) < 4.78 is 24.1. The Kier molecular flexibility index (Phi) is 3.61. The lowest BCUT2D eigenvalue weighted by Gasteiger charge is -2.32. The van der Waals surface area contributed by atoms with Crippen molar-refractivity contribution < 1.29 is 8.42 Å². The van der Waals surface area contributed by atoms with Crippen molar-refractivity contribution in [2.24, 2.45) is 0 Å². The number of nitrogen functional groups attached to an aromatic ring is 1. The highest BCUT2D eigenvalue weighted by Crippen LogP contribution is 2.15. The minimum atomic E-state index is -3.06. The first-order chi connectivity index (χ1) is 7.95. The van der Waals surface area contributed by atoms with E-state index in [4.69, 9.17) is 5.73 Å². The summed E-state index contributed by atoms with van der Waals surface area (Å²) in [6, 6.07) is 0. The molecule has 0 amide bonds. The summed E-state index contributed by atoms with van der Waals surface area (Å²) in [5.41, 5.74) is 5.50. The number of hydrogen-bond acceptors (Lipinski definition) is 7. The van der Waals surface area contributed by atoms with Gasteiger partial charge in [-0.3, -0.25) is 4.90 Å². The maximum Gasteiger partial charge on any atom is 0.211 e. The highest BCUT2D eigenvalue weighted by atomic mass is 32.2. The van der Waals surface area contributed by atoms with Crippen molar-refractivity contribution in [3.8, 4) is 0 Å². The third-order valence-electron chi connectivity index (χ3n) is 2.64. The molecule has 9 heteroatoms. The summed E-state index contributed by atoms with van der Waals surface area (Å²) in [7, 11) is -3.06. The molecule has 1 aromatic rings. The van der Waals surface area contributed by atoms with E-state index in [1.54, 1.807) is 0 Å². The van der Waals surface area contributed by atoms with Crippen molar-refractivity contribution in [2.45, 2.75) is 6.54 Å². The molecule has 0 spiro atoms. The highest BCUT2D eigenvalue weighted by Gasteiger charge is 2.23. The Hall–Kier alpha value is -0.770. The van der Waals surface area contributed by atoms with Crippen molar-refractivity contribution in [1.82, 2.24) is 19.4 Å². The van der Waals surface area contributed by atoms with Gasteiger partial charge in [0.1, 0.15) is 5.01 Å². The number of nitrogens with two attached hydrogens (primary N) is 1. The largest absolute Gasteiger partial charge is 0.374 e. The van der Waals surface area contributed by atoms with Crippen molar-refractivity contribution >= 4 is 26.5 Å². The quantitative estimate of drug-likeness (QED) is 0.777. The molecule has 0 atom stereocenters. The Morgan fingerprint density at radius 3 is 2.41 bits per heavy atom. The molecular weight excluding hydrogens is 262 g/mol. The predicted octanol–water partition coefficient (Wildman–Crippen LogP) is -0.802. The van der Waals surface area contributed by atoms with E-state index >= 15 is 0 Å². The molecule has 1 aromatic heterocycles. The van der Waals surface area contributed by atoms with E-state index in [0.29, 0.717) is 37.9 Å². The molecule has 0 saturated carbocycles. The van der Waals surface area contributed by atoms with E-state index in [9.17, 15) is 8.42 Å². The minimum Gasteiger partial charge on any atom is -0.374 e. The normalized spacial score (nSPS) is 19.6. The molecule has 7 nitrogen and oxygen atoms in total. The fourth-order valence-electron chi connectivity index (χ4n) is 1.74.